The van der Waals surface area contributed by atoms with Crippen molar-refractivity contribution in [3.8, 4) is 22.6 Å². The molecule has 4 unspecified atom stereocenters. The van der Waals surface area contributed by atoms with E-state index in [1.54, 1.807) is 14.2 Å². The van der Waals surface area contributed by atoms with Gasteiger partial charge < -0.3 is 25.0 Å². The molecule has 2 saturated carbocycles. The van der Waals surface area contributed by atoms with Gasteiger partial charge in [0, 0.05) is 6.04 Å². The lowest BCUT2D eigenvalue weighted by atomic mass is 9.76. The number of carboxylic acids is 2. The zero-order valence-corrected chi connectivity index (χ0v) is 21.2. The lowest BCUT2D eigenvalue weighted by molar-refractivity contribution is -0.145. The Balaban J connectivity index is 1.54. The highest BCUT2D eigenvalue weighted by Gasteiger charge is 2.32. The molecule has 0 radical (unpaired) electrons. The fraction of sp³-hybridized carbons (Fsp3) is 0.517. The van der Waals surface area contributed by atoms with Crippen LogP contribution in [0.1, 0.15) is 56.9 Å². The van der Waals surface area contributed by atoms with E-state index in [9.17, 15) is 19.8 Å². The fourth-order valence-corrected chi connectivity index (χ4v) is 5.94. The molecule has 0 heterocycles. The minimum absolute atomic E-state index is 0.121. The maximum Gasteiger partial charge on any atom is 0.308 e. The molecular formula is C29H37NO6. The number of carbonyl (C=O) groups is 2. The number of hydrogen-bond acceptors (Lipinski definition) is 5. The molecule has 2 aromatic carbocycles. The first kappa shape index (κ1) is 25.9. The van der Waals surface area contributed by atoms with Gasteiger partial charge in [-0.25, -0.2) is 0 Å². The standard InChI is InChI=1S/C29H37NO6/c1-35-26-16-18(11-12-21(26)15-20-7-3-4-8-22(20)28(31)32)19-13-14-25(27(17-19)36-2)30-24-10-6-5-9-23(24)29(33)34/h11-14,16-17,20,22-24,30H,3-10,15H2,1-2H3,(H,31,32)(H,33,34). The van der Waals surface area contributed by atoms with Gasteiger partial charge in [0.05, 0.1) is 31.7 Å². The summed E-state index contributed by atoms with van der Waals surface area (Å²) >= 11 is 0. The van der Waals surface area contributed by atoms with Crippen LogP contribution in [-0.2, 0) is 16.0 Å². The first-order valence-corrected chi connectivity index (χ1v) is 13.0. The second-order valence-electron chi connectivity index (χ2n) is 10.1. The number of benzene rings is 2. The summed E-state index contributed by atoms with van der Waals surface area (Å²) < 4.78 is 11.4. The second kappa shape index (κ2) is 11.7. The molecule has 7 heteroatoms. The van der Waals surface area contributed by atoms with Crippen LogP contribution in [0.3, 0.4) is 0 Å². The molecular weight excluding hydrogens is 458 g/mol. The van der Waals surface area contributed by atoms with Gasteiger partial charge in [-0.15, -0.1) is 0 Å². The number of hydrogen-bond donors (Lipinski definition) is 3. The van der Waals surface area contributed by atoms with E-state index in [4.69, 9.17) is 9.47 Å². The van der Waals surface area contributed by atoms with Gasteiger partial charge in [0.2, 0.25) is 0 Å². The summed E-state index contributed by atoms with van der Waals surface area (Å²) in [6.45, 7) is 0. The molecule has 0 aliphatic heterocycles. The Bertz CT molecular complexity index is 998. The largest absolute Gasteiger partial charge is 0.496 e. The predicted octanol–water partition coefficient (Wildman–Crippen LogP) is 5.86. The molecule has 194 valence electrons. The van der Waals surface area contributed by atoms with Crippen molar-refractivity contribution < 1.29 is 29.3 Å². The number of methoxy groups -OCH3 is 2. The van der Waals surface area contributed by atoms with E-state index >= 15 is 0 Å². The van der Waals surface area contributed by atoms with Crippen LogP contribution < -0.4 is 14.8 Å². The molecule has 2 aliphatic carbocycles. The molecule has 0 amide bonds. The van der Waals surface area contributed by atoms with E-state index in [1.165, 1.54) is 0 Å². The highest BCUT2D eigenvalue weighted by atomic mass is 16.5. The molecule has 3 N–H and O–H groups in total. The molecule has 0 saturated heterocycles. The van der Waals surface area contributed by atoms with Crippen LogP contribution in [0.4, 0.5) is 5.69 Å². The Kier molecular flexibility index (Phi) is 8.39. The van der Waals surface area contributed by atoms with Gasteiger partial charge in [-0.3, -0.25) is 9.59 Å². The molecule has 0 spiro atoms. The van der Waals surface area contributed by atoms with Gasteiger partial charge in [-0.05, 0) is 72.9 Å². The third kappa shape index (κ3) is 5.77. The molecule has 36 heavy (non-hydrogen) atoms. The van der Waals surface area contributed by atoms with Crippen molar-refractivity contribution in [2.24, 2.45) is 17.8 Å². The molecule has 0 bridgehead atoms. The molecule has 2 aliphatic rings. The minimum Gasteiger partial charge on any atom is -0.496 e. The highest BCUT2D eigenvalue weighted by molar-refractivity contribution is 5.75. The zero-order chi connectivity index (χ0) is 25.7. The Morgan fingerprint density at radius 1 is 0.806 bits per heavy atom. The van der Waals surface area contributed by atoms with Crippen molar-refractivity contribution >= 4 is 17.6 Å². The van der Waals surface area contributed by atoms with Gasteiger partial charge >= 0.3 is 11.9 Å². The first-order chi connectivity index (χ1) is 17.4. The number of aliphatic carboxylic acids is 2. The number of ether oxygens (including phenoxy) is 2. The van der Waals surface area contributed by atoms with Crippen molar-refractivity contribution in [2.75, 3.05) is 19.5 Å². The van der Waals surface area contributed by atoms with Crippen molar-refractivity contribution in [2.45, 2.75) is 63.8 Å². The number of rotatable bonds is 9. The van der Waals surface area contributed by atoms with E-state index in [0.717, 1.165) is 73.1 Å². The number of carboxylic acid groups (broad SMARTS) is 2. The molecule has 4 rings (SSSR count). The van der Waals surface area contributed by atoms with Gasteiger partial charge in [0.15, 0.2) is 0 Å². The van der Waals surface area contributed by atoms with Crippen LogP contribution in [-0.4, -0.2) is 42.4 Å². The van der Waals surface area contributed by atoms with Gasteiger partial charge in [0.1, 0.15) is 11.5 Å². The smallest absolute Gasteiger partial charge is 0.308 e. The molecule has 2 aromatic rings. The molecule has 0 aromatic heterocycles. The normalized spacial score (nSPS) is 24.1. The SMILES string of the molecule is COc1cc(-c2ccc(NC3CCCCC3C(=O)O)c(OC)c2)ccc1CC1CCCCC1C(=O)O. The fourth-order valence-electron chi connectivity index (χ4n) is 5.94. The van der Waals surface area contributed by atoms with Gasteiger partial charge in [-0.1, -0.05) is 43.9 Å². The average Bonchev–Trinajstić information content (AvgIpc) is 2.89. The number of anilines is 1. The van der Waals surface area contributed by atoms with Crippen molar-refractivity contribution in [1.29, 1.82) is 0 Å². The lowest BCUT2D eigenvalue weighted by Crippen LogP contribution is -2.37. The summed E-state index contributed by atoms with van der Waals surface area (Å²) in [5.74, 6) is -0.596. The first-order valence-electron chi connectivity index (χ1n) is 13.0. The third-order valence-corrected chi connectivity index (χ3v) is 7.95. The van der Waals surface area contributed by atoms with E-state index in [0.29, 0.717) is 18.6 Å². The Labute approximate surface area is 212 Å². The van der Waals surface area contributed by atoms with Crippen molar-refractivity contribution in [3.63, 3.8) is 0 Å². The Morgan fingerprint density at radius 3 is 2.06 bits per heavy atom. The molecule has 2 fully saturated rings. The van der Waals surface area contributed by atoms with E-state index < -0.39 is 17.9 Å². The quantitative estimate of drug-likeness (QED) is 0.400. The minimum atomic E-state index is -0.752. The summed E-state index contributed by atoms with van der Waals surface area (Å²) in [5, 5.41) is 22.7. The topological polar surface area (TPSA) is 105 Å². The van der Waals surface area contributed by atoms with Crippen molar-refractivity contribution in [3.05, 3.63) is 42.0 Å². The summed E-state index contributed by atoms with van der Waals surface area (Å²) in [7, 11) is 3.27. The van der Waals surface area contributed by atoms with Crippen LogP contribution in [0.25, 0.3) is 11.1 Å². The van der Waals surface area contributed by atoms with Crippen LogP contribution >= 0.6 is 0 Å². The highest BCUT2D eigenvalue weighted by Crippen LogP contribution is 2.38. The summed E-state index contributed by atoms with van der Waals surface area (Å²) in [6, 6.07) is 11.9. The van der Waals surface area contributed by atoms with E-state index in [-0.39, 0.29) is 17.9 Å². The molecule has 4 atom stereocenters. The summed E-state index contributed by atoms with van der Waals surface area (Å²) in [4.78, 5) is 23.4. The van der Waals surface area contributed by atoms with Gasteiger partial charge in [-0.2, -0.15) is 0 Å². The van der Waals surface area contributed by atoms with Crippen LogP contribution in [0.2, 0.25) is 0 Å². The monoisotopic (exact) mass is 495 g/mol. The zero-order valence-electron chi connectivity index (χ0n) is 21.2. The van der Waals surface area contributed by atoms with Crippen LogP contribution in [0.15, 0.2) is 36.4 Å². The maximum atomic E-state index is 11.7. The van der Waals surface area contributed by atoms with Crippen molar-refractivity contribution in [1.82, 2.24) is 0 Å². The third-order valence-electron chi connectivity index (χ3n) is 7.95. The average molecular weight is 496 g/mol. The van der Waals surface area contributed by atoms with E-state index in [2.05, 4.69) is 5.32 Å². The maximum absolute atomic E-state index is 11.7. The Hall–Kier alpha value is -3.22. The summed E-state index contributed by atoms with van der Waals surface area (Å²) in [5.41, 5.74) is 3.75. The lowest BCUT2D eigenvalue weighted by Gasteiger charge is -2.30. The molecule has 7 nitrogen and oxygen atoms in total. The van der Waals surface area contributed by atoms with Gasteiger partial charge in [0.25, 0.3) is 0 Å². The second-order valence-corrected chi connectivity index (χ2v) is 10.1. The number of nitrogens with one attached hydrogen (secondary N) is 1. The van der Waals surface area contributed by atoms with E-state index in [1.807, 2.05) is 36.4 Å². The summed E-state index contributed by atoms with van der Waals surface area (Å²) in [6.07, 6.45) is 7.89. The van der Waals surface area contributed by atoms with Crippen LogP contribution in [0.5, 0.6) is 11.5 Å². The van der Waals surface area contributed by atoms with Crippen LogP contribution in [0, 0.1) is 17.8 Å². The predicted molar refractivity (Wildman–Crippen MR) is 139 cm³/mol. The Morgan fingerprint density at radius 2 is 1.39 bits per heavy atom.